The molecule has 4 nitrogen and oxygen atoms in total. The van der Waals surface area contributed by atoms with Gasteiger partial charge in [-0.05, 0) is 33.4 Å². The SMILES string of the molecule is CNCC(C)C(=O)N1CCC2CCC(C1)N2C. The normalized spacial score (nSPS) is 31.4. The summed E-state index contributed by atoms with van der Waals surface area (Å²) < 4.78 is 0. The van der Waals surface area contributed by atoms with Gasteiger partial charge in [0.15, 0.2) is 0 Å². The van der Waals surface area contributed by atoms with Crippen molar-refractivity contribution >= 4 is 5.91 Å². The topological polar surface area (TPSA) is 35.6 Å². The Labute approximate surface area is 104 Å². The number of rotatable bonds is 3. The van der Waals surface area contributed by atoms with Gasteiger partial charge in [0.05, 0.1) is 0 Å². The van der Waals surface area contributed by atoms with Gasteiger partial charge in [-0.15, -0.1) is 0 Å². The van der Waals surface area contributed by atoms with E-state index in [-0.39, 0.29) is 5.92 Å². The first kappa shape index (κ1) is 12.8. The molecule has 17 heavy (non-hydrogen) atoms. The summed E-state index contributed by atoms with van der Waals surface area (Å²) in [6.07, 6.45) is 3.71. The van der Waals surface area contributed by atoms with Gasteiger partial charge in [0.1, 0.15) is 0 Å². The van der Waals surface area contributed by atoms with Crippen molar-refractivity contribution in [1.29, 1.82) is 0 Å². The van der Waals surface area contributed by atoms with Crippen LogP contribution in [0.1, 0.15) is 26.2 Å². The van der Waals surface area contributed by atoms with Crippen LogP contribution in [-0.2, 0) is 4.79 Å². The Morgan fingerprint density at radius 3 is 2.76 bits per heavy atom. The molecule has 2 saturated heterocycles. The fourth-order valence-electron chi connectivity index (χ4n) is 3.21. The number of carbonyl (C=O) groups excluding carboxylic acids is 1. The third-order valence-electron chi connectivity index (χ3n) is 4.39. The molecular formula is C13H25N3O. The van der Waals surface area contributed by atoms with E-state index in [2.05, 4.69) is 22.2 Å². The van der Waals surface area contributed by atoms with Gasteiger partial charge in [0.2, 0.25) is 5.91 Å². The van der Waals surface area contributed by atoms with Gasteiger partial charge in [-0.25, -0.2) is 0 Å². The highest BCUT2D eigenvalue weighted by Gasteiger charge is 2.36. The molecule has 98 valence electrons. The Kier molecular flexibility index (Phi) is 4.05. The average molecular weight is 239 g/mol. The lowest BCUT2D eigenvalue weighted by molar-refractivity contribution is -0.135. The average Bonchev–Trinajstić information content (AvgIpc) is 2.53. The molecule has 0 aromatic carbocycles. The highest BCUT2D eigenvalue weighted by atomic mass is 16.2. The zero-order valence-electron chi connectivity index (χ0n) is 11.3. The maximum Gasteiger partial charge on any atom is 0.226 e. The van der Waals surface area contributed by atoms with Crippen LogP contribution in [0.4, 0.5) is 0 Å². The van der Waals surface area contributed by atoms with E-state index < -0.39 is 0 Å². The number of fused-ring (bicyclic) bond motifs is 2. The minimum atomic E-state index is 0.0990. The lowest BCUT2D eigenvalue weighted by Gasteiger charge is -2.28. The van der Waals surface area contributed by atoms with Crippen LogP contribution in [-0.4, -0.2) is 61.5 Å². The van der Waals surface area contributed by atoms with Crippen molar-refractivity contribution in [2.75, 3.05) is 33.7 Å². The minimum absolute atomic E-state index is 0.0990. The molecule has 2 rings (SSSR count). The first-order valence-electron chi connectivity index (χ1n) is 6.78. The van der Waals surface area contributed by atoms with Gasteiger partial charge in [0, 0.05) is 37.6 Å². The summed E-state index contributed by atoms with van der Waals surface area (Å²) in [5.41, 5.74) is 0. The van der Waals surface area contributed by atoms with Crippen LogP contribution >= 0.6 is 0 Å². The van der Waals surface area contributed by atoms with Crippen molar-refractivity contribution < 1.29 is 4.79 Å². The van der Waals surface area contributed by atoms with E-state index in [4.69, 9.17) is 0 Å². The zero-order valence-corrected chi connectivity index (χ0v) is 11.3. The van der Waals surface area contributed by atoms with Gasteiger partial charge >= 0.3 is 0 Å². The molecule has 0 aromatic rings. The monoisotopic (exact) mass is 239 g/mol. The molecule has 2 fully saturated rings. The summed E-state index contributed by atoms with van der Waals surface area (Å²) in [6, 6.07) is 1.30. The van der Waals surface area contributed by atoms with E-state index in [9.17, 15) is 4.79 Å². The highest BCUT2D eigenvalue weighted by Crippen LogP contribution is 2.28. The summed E-state index contributed by atoms with van der Waals surface area (Å²) in [4.78, 5) is 16.9. The fourth-order valence-corrected chi connectivity index (χ4v) is 3.21. The Hall–Kier alpha value is -0.610. The first-order valence-corrected chi connectivity index (χ1v) is 6.78. The van der Waals surface area contributed by atoms with E-state index in [0.29, 0.717) is 18.0 Å². The number of amides is 1. The quantitative estimate of drug-likeness (QED) is 0.781. The standard InChI is InChI=1S/C13H25N3O/c1-10(8-14-2)13(17)16-7-6-11-4-5-12(9-16)15(11)3/h10-12,14H,4-9H2,1-3H3. The molecule has 2 bridgehead atoms. The summed E-state index contributed by atoms with van der Waals surface area (Å²) in [5, 5.41) is 3.09. The molecule has 2 aliphatic rings. The van der Waals surface area contributed by atoms with Crippen LogP contribution in [0.15, 0.2) is 0 Å². The van der Waals surface area contributed by atoms with Gasteiger partial charge in [-0.2, -0.15) is 0 Å². The second kappa shape index (κ2) is 5.36. The molecule has 0 aliphatic carbocycles. The maximum absolute atomic E-state index is 12.3. The van der Waals surface area contributed by atoms with Crippen molar-refractivity contribution in [1.82, 2.24) is 15.1 Å². The van der Waals surface area contributed by atoms with E-state index in [0.717, 1.165) is 26.1 Å². The van der Waals surface area contributed by atoms with Crippen molar-refractivity contribution in [3.63, 3.8) is 0 Å². The maximum atomic E-state index is 12.3. The van der Waals surface area contributed by atoms with Crippen molar-refractivity contribution in [2.24, 2.45) is 5.92 Å². The molecule has 0 aromatic heterocycles. The summed E-state index contributed by atoms with van der Waals surface area (Å²) in [5.74, 6) is 0.419. The van der Waals surface area contributed by atoms with Gasteiger partial charge in [0.25, 0.3) is 0 Å². The predicted molar refractivity (Wildman–Crippen MR) is 68.9 cm³/mol. The molecule has 2 heterocycles. The molecule has 0 saturated carbocycles. The van der Waals surface area contributed by atoms with Crippen molar-refractivity contribution in [3.05, 3.63) is 0 Å². The summed E-state index contributed by atoms with van der Waals surface area (Å²) >= 11 is 0. The number of nitrogens with one attached hydrogen (secondary N) is 1. The van der Waals surface area contributed by atoms with E-state index in [1.807, 2.05) is 14.0 Å². The van der Waals surface area contributed by atoms with Gasteiger partial charge < -0.3 is 10.2 Å². The summed E-state index contributed by atoms with van der Waals surface area (Å²) in [7, 11) is 4.12. The second-order valence-electron chi connectivity index (χ2n) is 5.58. The van der Waals surface area contributed by atoms with Crippen LogP contribution in [0, 0.1) is 5.92 Å². The third-order valence-corrected chi connectivity index (χ3v) is 4.39. The first-order chi connectivity index (χ1) is 8.13. The lowest BCUT2D eigenvalue weighted by atomic mass is 10.1. The molecule has 0 radical (unpaired) electrons. The van der Waals surface area contributed by atoms with Crippen molar-refractivity contribution in [2.45, 2.75) is 38.3 Å². The van der Waals surface area contributed by atoms with Gasteiger partial charge in [-0.3, -0.25) is 9.69 Å². The van der Waals surface area contributed by atoms with Crippen molar-refractivity contribution in [3.8, 4) is 0 Å². The highest BCUT2D eigenvalue weighted by molar-refractivity contribution is 5.78. The van der Waals surface area contributed by atoms with Crippen LogP contribution in [0.3, 0.4) is 0 Å². The largest absolute Gasteiger partial charge is 0.341 e. The molecule has 4 heteroatoms. The molecule has 3 atom stereocenters. The Bertz CT molecular complexity index is 282. The Balaban J connectivity index is 1.96. The predicted octanol–water partition coefficient (Wildman–Crippen LogP) is 0.537. The van der Waals surface area contributed by atoms with E-state index >= 15 is 0 Å². The molecule has 0 spiro atoms. The van der Waals surface area contributed by atoms with Crippen LogP contribution in [0.25, 0.3) is 0 Å². The number of nitrogens with zero attached hydrogens (tertiary/aromatic N) is 2. The third kappa shape index (κ3) is 2.63. The fraction of sp³-hybridized carbons (Fsp3) is 0.923. The van der Waals surface area contributed by atoms with Gasteiger partial charge in [-0.1, -0.05) is 6.92 Å². The Morgan fingerprint density at radius 1 is 1.35 bits per heavy atom. The second-order valence-corrected chi connectivity index (χ2v) is 5.58. The zero-order chi connectivity index (χ0) is 12.4. The number of carbonyl (C=O) groups is 1. The Morgan fingerprint density at radius 2 is 2.06 bits per heavy atom. The molecular weight excluding hydrogens is 214 g/mol. The molecule has 3 unspecified atom stereocenters. The minimum Gasteiger partial charge on any atom is -0.341 e. The number of likely N-dealkylation sites (N-methyl/N-ethyl adjacent to an activating group) is 1. The van der Waals surface area contributed by atoms with Crippen LogP contribution < -0.4 is 5.32 Å². The van der Waals surface area contributed by atoms with E-state index in [1.165, 1.54) is 12.8 Å². The summed E-state index contributed by atoms with van der Waals surface area (Å²) in [6.45, 7) is 4.67. The molecule has 1 amide bonds. The van der Waals surface area contributed by atoms with E-state index in [1.54, 1.807) is 0 Å². The molecule has 2 aliphatic heterocycles. The lowest BCUT2D eigenvalue weighted by Crippen LogP contribution is -2.43. The molecule has 1 N–H and O–H groups in total. The number of hydrogen-bond acceptors (Lipinski definition) is 3. The van der Waals surface area contributed by atoms with Crippen LogP contribution in [0.2, 0.25) is 0 Å². The number of likely N-dealkylation sites (tertiary alicyclic amines) is 1. The van der Waals surface area contributed by atoms with Crippen LogP contribution in [0.5, 0.6) is 0 Å². The number of hydrogen-bond donors (Lipinski definition) is 1. The smallest absolute Gasteiger partial charge is 0.226 e.